The van der Waals surface area contributed by atoms with E-state index in [0.29, 0.717) is 40.9 Å². The van der Waals surface area contributed by atoms with Gasteiger partial charge in [0.2, 0.25) is 5.91 Å². The fourth-order valence-corrected chi connectivity index (χ4v) is 5.22. The molecule has 1 saturated heterocycles. The Bertz CT molecular complexity index is 1330. The van der Waals surface area contributed by atoms with Crippen LogP contribution < -0.4 is 20.3 Å². The number of hydrogen-bond donors (Lipinski definition) is 2. The Morgan fingerprint density at radius 2 is 1.89 bits per heavy atom. The van der Waals surface area contributed by atoms with Gasteiger partial charge < -0.3 is 20.3 Å². The summed E-state index contributed by atoms with van der Waals surface area (Å²) in [6, 6.07) is 16.9. The van der Waals surface area contributed by atoms with Crippen LogP contribution in [0.15, 0.2) is 71.2 Å². The van der Waals surface area contributed by atoms with Crippen molar-refractivity contribution in [3.05, 3.63) is 93.2 Å². The molecule has 2 atom stereocenters. The molecule has 0 spiro atoms. The number of methoxy groups -OCH3 is 1. The molecule has 0 saturated carbocycles. The van der Waals surface area contributed by atoms with Gasteiger partial charge in [-0.3, -0.25) is 14.4 Å². The normalized spacial score (nSPS) is 16.1. The number of nitrogens with one attached hydrogen (secondary N) is 2. The molecule has 2 N–H and O–H groups in total. The Kier molecular flexibility index (Phi) is 9.01. The van der Waals surface area contributed by atoms with Crippen LogP contribution in [-0.2, 0) is 20.8 Å². The van der Waals surface area contributed by atoms with E-state index in [-0.39, 0.29) is 22.9 Å². The summed E-state index contributed by atoms with van der Waals surface area (Å²) in [5.41, 5.74) is 1.51. The second-order valence-corrected chi connectivity index (χ2v) is 10.1. The largest absolute Gasteiger partial charge is 0.497 e. The molecule has 1 aliphatic heterocycles. The van der Waals surface area contributed by atoms with Crippen molar-refractivity contribution >= 4 is 50.9 Å². The lowest BCUT2D eigenvalue weighted by Crippen LogP contribution is -2.55. The number of carbonyl (C=O) groups is 3. The minimum Gasteiger partial charge on any atom is -0.497 e. The zero-order valence-electron chi connectivity index (χ0n) is 20.5. The van der Waals surface area contributed by atoms with Gasteiger partial charge >= 0.3 is 11.8 Å². The van der Waals surface area contributed by atoms with Crippen LogP contribution in [-0.4, -0.2) is 37.4 Å². The molecule has 7 nitrogen and oxygen atoms in total. The molecule has 0 radical (unpaired) electrons. The van der Waals surface area contributed by atoms with E-state index in [0.717, 1.165) is 0 Å². The van der Waals surface area contributed by atoms with E-state index in [9.17, 15) is 18.8 Å². The summed E-state index contributed by atoms with van der Waals surface area (Å²) in [5.74, 6) is -2.12. The van der Waals surface area contributed by atoms with Crippen LogP contribution in [0.3, 0.4) is 0 Å². The molecule has 3 aromatic rings. The van der Waals surface area contributed by atoms with Crippen molar-refractivity contribution in [1.82, 2.24) is 10.6 Å². The smallest absolute Gasteiger partial charge is 0.309 e. The van der Waals surface area contributed by atoms with Crippen LogP contribution >= 0.6 is 27.5 Å². The number of rotatable bonds is 7. The SMILES string of the molecule is COc1cccc(N2CCCC(NC(=O)C(=O)NC(Cc3c(F)cccc3Cl)c3ccccc3Br)C2=O)c1. The summed E-state index contributed by atoms with van der Waals surface area (Å²) in [4.78, 5) is 40.7. The summed E-state index contributed by atoms with van der Waals surface area (Å²) >= 11 is 9.70. The van der Waals surface area contributed by atoms with Gasteiger partial charge in [-0.1, -0.05) is 57.9 Å². The van der Waals surface area contributed by atoms with E-state index in [1.807, 2.05) is 0 Å². The summed E-state index contributed by atoms with van der Waals surface area (Å²) in [6.45, 7) is 0.484. The number of carbonyl (C=O) groups excluding carboxylic acids is 3. The number of amides is 3. The number of anilines is 1. The van der Waals surface area contributed by atoms with Gasteiger partial charge in [0.15, 0.2) is 0 Å². The number of benzene rings is 3. The minimum atomic E-state index is -0.951. The fourth-order valence-electron chi connectivity index (χ4n) is 4.42. The molecule has 38 heavy (non-hydrogen) atoms. The molecule has 0 aromatic heterocycles. The van der Waals surface area contributed by atoms with Gasteiger partial charge in [-0.05, 0) is 48.7 Å². The molecule has 2 unspecified atom stereocenters. The van der Waals surface area contributed by atoms with Crippen molar-refractivity contribution in [2.75, 3.05) is 18.6 Å². The highest BCUT2D eigenvalue weighted by molar-refractivity contribution is 9.10. The van der Waals surface area contributed by atoms with Crippen LogP contribution in [0.2, 0.25) is 5.02 Å². The highest BCUT2D eigenvalue weighted by Crippen LogP contribution is 2.30. The number of piperidine rings is 1. The summed E-state index contributed by atoms with van der Waals surface area (Å²) in [7, 11) is 1.54. The van der Waals surface area contributed by atoms with Crippen molar-refractivity contribution in [3.63, 3.8) is 0 Å². The second kappa shape index (κ2) is 12.4. The highest BCUT2D eigenvalue weighted by Gasteiger charge is 2.33. The zero-order chi connectivity index (χ0) is 27.2. The van der Waals surface area contributed by atoms with E-state index in [2.05, 4.69) is 26.6 Å². The maximum Gasteiger partial charge on any atom is 0.309 e. The number of nitrogens with zero attached hydrogens (tertiary/aromatic N) is 1. The molecule has 4 rings (SSSR count). The Hall–Kier alpha value is -3.43. The van der Waals surface area contributed by atoms with Gasteiger partial charge in [-0.25, -0.2) is 4.39 Å². The third kappa shape index (κ3) is 6.34. The lowest BCUT2D eigenvalue weighted by Gasteiger charge is -2.32. The predicted octanol–water partition coefficient (Wildman–Crippen LogP) is 4.96. The maximum absolute atomic E-state index is 14.6. The first-order valence-corrected chi connectivity index (χ1v) is 13.2. The van der Waals surface area contributed by atoms with Gasteiger partial charge in [0.25, 0.3) is 0 Å². The molecule has 3 amide bonds. The van der Waals surface area contributed by atoms with E-state index in [4.69, 9.17) is 16.3 Å². The predicted molar refractivity (Wildman–Crippen MR) is 147 cm³/mol. The van der Waals surface area contributed by atoms with E-state index >= 15 is 0 Å². The van der Waals surface area contributed by atoms with Crippen molar-refractivity contribution < 1.29 is 23.5 Å². The average Bonchev–Trinajstić information content (AvgIpc) is 2.91. The van der Waals surface area contributed by atoms with Gasteiger partial charge in [0.05, 0.1) is 13.2 Å². The monoisotopic (exact) mass is 601 g/mol. The molecular formula is C28H26BrClFN3O4. The standard InChI is InChI=1S/C28H26BrClFN3O4/c1-38-18-8-4-7-17(15-18)34-14-6-13-24(28(34)37)32-26(35)27(36)33-25(19-9-2-3-10-21(19)29)16-20-22(30)11-5-12-23(20)31/h2-5,7-12,15,24-25H,6,13-14,16H2,1H3,(H,32,35)(H,33,36). The molecular weight excluding hydrogens is 577 g/mol. The quantitative estimate of drug-likeness (QED) is 0.374. The summed E-state index contributed by atoms with van der Waals surface area (Å²) in [5, 5.41) is 5.48. The van der Waals surface area contributed by atoms with Crippen LogP contribution in [0.1, 0.15) is 30.0 Å². The molecule has 198 valence electrons. The topological polar surface area (TPSA) is 87.7 Å². The maximum atomic E-state index is 14.6. The van der Waals surface area contributed by atoms with Crippen molar-refractivity contribution in [2.24, 2.45) is 0 Å². The van der Waals surface area contributed by atoms with E-state index in [1.165, 1.54) is 12.1 Å². The molecule has 0 bridgehead atoms. The zero-order valence-corrected chi connectivity index (χ0v) is 22.9. The molecule has 0 aliphatic carbocycles. The van der Waals surface area contributed by atoms with E-state index < -0.39 is 29.7 Å². The van der Waals surface area contributed by atoms with Gasteiger partial charge in [0.1, 0.15) is 17.6 Å². The van der Waals surface area contributed by atoms with Crippen LogP contribution in [0.5, 0.6) is 5.75 Å². The molecule has 1 fully saturated rings. The van der Waals surface area contributed by atoms with Crippen LogP contribution in [0.4, 0.5) is 10.1 Å². The third-order valence-electron chi connectivity index (χ3n) is 6.37. The first-order chi connectivity index (χ1) is 18.3. The number of ether oxygens (including phenoxy) is 1. The first-order valence-electron chi connectivity index (χ1n) is 12.0. The fraction of sp³-hybridized carbons (Fsp3) is 0.250. The Morgan fingerprint density at radius 3 is 2.63 bits per heavy atom. The van der Waals surface area contributed by atoms with Crippen molar-refractivity contribution in [2.45, 2.75) is 31.3 Å². The van der Waals surface area contributed by atoms with Crippen molar-refractivity contribution in [3.8, 4) is 5.75 Å². The Morgan fingerprint density at radius 1 is 1.13 bits per heavy atom. The Labute approximate surface area is 233 Å². The van der Waals surface area contributed by atoms with Gasteiger partial charge in [0, 0.05) is 39.8 Å². The van der Waals surface area contributed by atoms with Crippen LogP contribution in [0, 0.1) is 5.82 Å². The lowest BCUT2D eigenvalue weighted by atomic mass is 9.98. The molecule has 1 heterocycles. The number of hydrogen-bond acceptors (Lipinski definition) is 4. The minimum absolute atomic E-state index is 0.0130. The second-order valence-electron chi connectivity index (χ2n) is 8.81. The molecule has 10 heteroatoms. The van der Waals surface area contributed by atoms with Crippen molar-refractivity contribution in [1.29, 1.82) is 0 Å². The van der Waals surface area contributed by atoms with Gasteiger partial charge in [-0.2, -0.15) is 0 Å². The summed E-state index contributed by atoms with van der Waals surface area (Å²) in [6.07, 6.45) is 1.05. The Balaban J connectivity index is 1.49. The summed E-state index contributed by atoms with van der Waals surface area (Å²) < 4.78 is 20.5. The number of halogens is 3. The van der Waals surface area contributed by atoms with Crippen LogP contribution in [0.25, 0.3) is 0 Å². The third-order valence-corrected chi connectivity index (χ3v) is 7.45. The first kappa shape index (κ1) is 27.6. The average molecular weight is 603 g/mol. The molecule has 1 aliphatic rings. The van der Waals surface area contributed by atoms with Gasteiger partial charge in [-0.15, -0.1) is 0 Å². The lowest BCUT2D eigenvalue weighted by molar-refractivity contribution is -0.141. The highest BCUT2D eigenvalue weighted by atomic mass is 79.9. The van der Waals surface area contributed by atoms with E-state index in [1.54, 1.807) is 66.6 Å². The molecule has 3 aromatic carbocycles.